The molecular formula is C12H18N2O7. The fraction of sp³-hybridized carbons (Fsp3) is 0.500. The molecule has 1 aliphatic heterocycles. The smallest absolute Gasteiger partial charge is 0.190 e. The fourth-order valence-corrected chi connectivity index (χ4v) is 2.13. The van der Waals surface area contributed by atoms with Crippen LogP contribution in [0.15, 0.2) is 18.2 Å². The number of ether oxygens (including phenoxy) is 2. The molecule has 118 valence electrons. The number of hydrogen-bond donors (Lipinski definition) is 6. The molecule has 0 aliphatic carbocycles. The highest BCUT2D eigenvalue weighted by molar-refractivity contribution is 5.64. The largest absolute Gasteiger partial charge is 0.595 e. The van der Waals surface area contributed by atoms with Gasteiger partial charge in [-0.2, -0.15) is 5.23 Å². The second-order valence-corrected chi connectivity index (χ2v) is 4.62. The van der Waals surface area contributed by atoms with Crippen molar-refractivity contribution in [3.63, 3.8) is 0 Å². The van der Waals surface area contributed by atoms with Crippen molar-refractivity contribution >= 4 is 11.4 Å². The summed E-state index contributed by atoms with van der Waals surface area (Å²) in [5.74, 6) is 0.374. The van der Waals surface area contributed by atoms with Crippen LogP contribution in [0, 0.1) is 5.21 Å². The summed E-state index contributed by atoms with van der Waals surface area (Å²) in [4.78, 5) is 0. The number of quaternary nitrogens is 1. The molecule has 1 fully saturated rings. The Morgan fingerprint density at radius 3 is 2.62 bits per heavy atom. The molecule has 2 rings (SSSR count). The zero-order valence-corrected chi connectivity index (χ0v) is 11.3. The lowest BCUT2D eigenvalue weighted by atomic mass is 10.1. The molecule has 0 bridgehead atoms. The van der Waals surface area contributed by atoms with Crippen LogP contribution in [0.5, 0.6) is 5.75 Å². The Morgan fingerprint density at radius 2 is 2.10 bits per heavy atom. The maximum atomic E-state index is 11.2. The highest BCUT2D eigenvalue weighted by Gasteiger charge is 2.42. The zero-order valence-electron chi connectivity index (χ0n) is 11.3. The van der Waals surface area contributed by atoms with Gasteiger partial charge in [-0.1, -0.05) is 0 Å². The number of rotatable bonds is 5. The quantitative estimate of drug-likeness (QED) is 0.342. The number of aliphatic hydroxyl groups excluding tert-OH is 3. The Balaban J connectivity index is 2.20. The first-order valence-corrected chi connectivity index (χ1v) is 6.28. The highest BCUT2D eigenvalue weighted by Crippen LogP contribution is 2.28. The molecule has 9 heteroatoms. The molecule has 0 aromatic heterocycles. The van der Waals surface area contributed by atoms with Crippen LogP contribution in [0.4, 0.5) is 11.4 Å². The number of hydrogen-bond acceptors (Lipinski definition) is 8. The molecule has 0 spiro atoms. The Hall–Kier alpha value is -1.46. The van der Waals surface area contributed by atoms with E-state index in [0.29, 0.717) is 5.75 Å². The summed E-state index contributed by atoms with van der Waals surface area (Å²) in [7, 11) is 1.42. The van der Waals surface area contributed by atoms with Gasteiger partial charge >= 0.3 is 0 Å². The van der Waals surface area contributed by atoms with Gasteiger partial charge in [-0.05, 0) is 12.1 Å². The van der Waals surface area contributed by atoms with E-state index in [1.165, 1.54) is 19.2 Å². The topological polar surface area (TPSA) is 139 Å². The van der Waals surface area contributed by atoms with Crippen molar-refractivity contribution in [3.05, 3.63) is 23.4 Å². The van der Waals surface area contributed by atoms with E-state index in [9.17, 15) is 20.6 Å². The van der Waals surface area contributed by atoms with E-state index in [-0.39, 0.29) is 11.4 Å². The molecule has 5 atom stereocenters. The highest BCUT2D eigenvalue weighted by atomic mass is 16.8. The van der Waals surface area contributed by atoms with Crippen molar-refractivity contribution in [3.8, 4) is 5.75 Å². The van der Waals surface area contributed by atoms with Crippen molar-refractivity contribution in [2.45, 2.75) is 24.5 Å². The molecule has 0 amide bonds. The molecule has 0 saturated carbocycles. The van der Waals surface area contributed by atoms with Gasteiger partial charge in [0, 0.05) is 6.07 Å². The first kappa shape index (κ1) is 15.9. The Morgan fingerprint density at radius 1 is 1.38 bits per heavy atom. The number of methoxy groups -OCH3 is 1. The minimum atomic E-state index is -1.29. The van der Waals surface area contributed by atoms with Crippen molar-refractivity contribution in [1.29, 1.82) is 0 Å². The van der Waals surface area contributed by atoms with Crippen LogP contribution in [-0.2, 0) is 4.74 Å². The normalized spacial score (nSPS) is 30.2. The van der Waals surface area contributed by atoms with Gasteiger partial charge in [0.2, 0.25) is 0 Å². The van der Waals surface area contributed by atoms with Gasteiger partial charge in [0.25, 0.3) is 0 Å². The Kier molecular flexibility index (Phi) is 4.96. The number of benzene rings is 1. The van der Waals surface area contributed by atoms with Crippen LogP contribution in [0.25, 0.3) is 0 Å². The number of anilines is 1. The average Bonchev–Trinajstić information content (AvgIpc) is 2.75. The van der Waals surface area contributed by atoms with E-state index in [4.69, 9.17) is 14.6 Å². The SMILES string of the molecule is COc1ccc(N[C@@H]2O[C@H](CO)[C@@H](O)[C@H]2O)c([NH+]([O-])O)c1. The van der Waals surface area contributed by atoms with E-state index in [1.807, 2.05) is 0 Å². The third kappa shape index (κ3) is 3.24. The maximum Gasteiger partial charge on any atom is 0.190 e. The van der Waals surface area contributed by atoms with Crippen molar-refractivity contribution in [1.82, 2.24) is 0 Å². The van der Waals surface area contributed by atoms with Crippen LogP contribution in [0.1, 0.15) is 0 Å². The molecule has 21 heavy (non-hydrogen) atoms. The zero-order chi connectivity index (χ0) is 15.6. The van der Waals surface area contributed by atoms with Gasteiger partial charge in [-0.3, -0.25) is 0 Å². The van der Waals surface area contributed by atoms with Gasteiger partial charge in [0.05, 0.1) is 13.7 Å². The summed E-state index contributed by atoms with van der Waals surface area (Å²) in [5, 5.41) is 50.5. The van der Waals surface area contributed by atoms with E-state index >= 15 is 0 Å². The van der Waals surface area contributed by atoms with Gasteiger partial charge in [0.15, 0.2) is 11.9 Å². The van der Waals surface area contributed by atoms with E-state index in [0.717, 1.165) is 0 Å². The summed E-state index contributed by atoms with van der Waals surface area (Å²) in [5.41, 5.74) is 0.144. The van der Waals surface area contributed by atoms with Gasteiger partial charge in [-0.25, -0.2) is 5.21 Å². The van der Waals surface area contributed by atoms with Crippen LogP contribution in [0.2, 0.25) is 0 Å². The Bertz CT molecular complexity index is 485. The third-order valence-corrected chi connectivity index (χ3v) is 3.30. The molecule has 1 aromatic carbocycles. The second kappa shape index (κ2) is 6.54. The van der Waals surface area contributed by atoms with Gasteiger partial charge < -0.3 is 35.3 Å². The lowest BCUT2D eigenvalue weighted by Gasteiger charge is -2.22. The molecule has 1 saturated heterocycles. The predicted molar refractivity (Wildman–Crippen MR) is 70.2 cm³/mol. The van der Waals surface area contributed by atoms with Gasteiger partial charge in [0.1, 0.15) is 29.7 Å². The van der Waals surface area contributed by atoms with Gasteiger partial charge in [-0.15, -0.1) is 0 Å². The minimum absolute atomic E-state index is 0.0629. The monoisotopic (exact) mass is 302 g/mol. The van der Waals surface area contributed by atoms with Crippen LogP contribution >= 0.6 is 0 Å². The van der Waals surface area contributed by atoms with E-state index in [1.54, 1.807) is 6.07 Å². The second-order valence-electron chi connectivity index (χ2n) is 4.62. The van der Waals surface area contributed by atoms with Crippen molar-refractivity contribution in [2.24, 2.45) is 0 Å². The first-order chi connectivity index (χ1) is 9.97. The van der Waals surface area contributed by atoms with E-state index in [2.05, 4.69) is 5.32 Å². The summed E-state index contributed by atoms with van der Waals surface area (Å²) >= 11 is 0. The summed E-state index contributed by atoms with van der Waals surface area (Å²) < 4.78 is 10.2. The molecular weight excluding hydrogens is 284 g/mol. The van der Waals surface area contributed by atoms with E-state index < -0.39 is 36.4 Å². The number of aliphatic hydroxyl groups is 3. The maximum absolute atomic E-state index is 11.2. The van der Waals surface area contributed by atoms with Crippen LogP contribution < -0.4 is 15.3 Å². The summed E-state index contributed by atoms with van der Waals surface area (Å²) in [6.45, 7) is -0.454. The van der Waals surface area contributed by atoms with Crippen LogP contribution in [-0.4, -0.2) is 58.8 Å². The lowest BCUT2D eigenvalue weighted by molar-refractivity contribution is -0.990. The molecule has 6 N–H and O–H groups in total. The standard InChI is InChI=1S/C12H18N2O7/c1-20-6-2-3-7(8(4-6)14(18)19)13-12-11(17)10(16)9(5-15)21-12/h2-4,9-18H,5H2,1H3/t9-,10-,11-,12-/m1/s1. The molecule has 1 unspecified atom stereocenters. The summed E-state index contributed by atoms with van der Waals surface area (Å²) in [6, 6.07) is 4.35. The molecule has 0 radical (unpaired) electrons. The molecule has 1 aliphatic rings. The molecule has 1 heterocycles. The lowest BCUT2D eigenvalue weighted by Crippen LogP contribution is -2.99. The molecule has 1 aromatic rings. The predicted octanol–water partition coefficient (Wildman–Crippen LogP) is -2.05. The summed E-state index contributed by atoms with van der Waals surface area (Å²) in [6.07, 6.45) is -4.49. The minimum Gasteiger partial charge on any atom is -0.595 e. The van der Waals surface area contributed by atoms with Crippen molar-refractivity contribution in [2.75, 3.05) is 19.0 Å². The fourth-order valence-electron chi connectivity index (χ4n) is 2.13. The van der Waals surface area contributed by atoms with Crippen molar-refractivity contribution < 1.29 is 35.2 Å². The third-order valence-electron chi connectivity index (χ3n) is 3.30. The average molecular weight is 302 g/mol. The number of nitrogens with one attached hydrogen (secondary N) is 2. The Labute approximate surface area is 120 Å². The first-order valence-electron chi connectivity index (χ1n) is 6.28. The van der Waals surface area contributed by atoms with Crippen LogP contribution in [0.3, 0.4) is 0 Å². The molecule has 9 nitrogen and oxygen atoms in total.